The van der Waals surface area contributed by atoms with Crippen LogP contribution in [-0.2, 0) is 26.0 Å². The van der Waals surface area contributed by atoms with E-state index in [4.69, 9.17) is 46.4 Å². The highest BCUT2D eigenvalue weighted by Crippen LogP contribution is 2.33. The number of likely N-dealkylation sites (tertiary alicyclic amines) is 1. The normalized spacial score (nSPS) is 19.7. The number of sulfonamides is 1. The van der Waals surface area contributed by atoms with Gasteiger partial charge in [0.1, 0.15) is 12.1 Å². The van der Waals surface area contributed by atoms with E-state index < -0.39 is 39.9 Å². The van der Waals surface area contributed by atoms with E-state index in [1.165, 1.54) is 30.6 Å². The number of amides is 2. The van der Waals surface area contributed by atoms with Crippen LogP contribution in [0.1, 0.15) is 41.6 Å². The second-order valence-corrected chi connectivity index (χ2v) is 15.0. The summed E-state index contributed by atoms with van der Waals surface area (Å²) in [5.41, 5.74) is 1.01. The van der Waals surface area contributed by atoms with Gasteiger partial charge in [-0.15, -0.1) is 0 Å². The fourth-order valence-electron chi connectivity index (χ4n) is 5.90. The van der Waals surface area contributed by atoms with Crippen LogP contribution in [0.2, 0.25) is 20.1 Å². The van der Waals surface area contributed by atoms with Gasteiger partial charge in [-0.3, -0.25) is 19.5 Å². The zero-order chi connectivity index (χ0) is 33.9. The second kappa shape index (κ2) is 15.1. The highest BCUT2D eigenvalue weighted by atomic mass is 35.5. The highest BCUT2D eigenvalue weighted by Gasteiger charge is 2.46. The first-order valence-corrected chi connectivity index (χ1v) is 17.7. The van der Waals surface area contributed by atoms with Gasteiger partial charge in [0, 0.05) is 47.1 Å². The smallest absolute Gasteiger partial charge is 0.326 e. The van der Waals surface area contributed by atoms with Crippen LogP contribution in [0.5, 0.6) is 0 Å². The monoisotopic (exact) mass is 741 g/mol. The molecule has 0 saturated carbocycles. The van der Waals surface area contributed by atoms with Crippen molar-refractivity contribution in [1.29, 1.82) is 0 Å². The SMILES string of the molecule is O=C(Nc1ccc(C[C@H](NC(=O)[C@@H]2C[C@@H](N3CCCCC3)CN2S(=O)(=O)c2cc(Cl)cc(Cl)c2)C(=O)O)cc1)c1c(Cl)cncc1Cl. The molecule has 2 aliphatic heterocycles. The Morgan fingerprint density at radius 2 is 1.55 bits per heavy atom. The number of pyridine rings is 1. The average molecular weight is 743 g/mol. The first kappa shape index (κ1) is 35.3. The van der Waals surface area contributed by atoms with Gasteiger partial charge in [-0.05, 0) is 68.2 Å². The van der Waals surface area contributed by atoms with E-state index in [1.807, 2.05) is 0 Å². The van der Waals surface area contributed by atoms with E-state index in [0.717, 1.165) is 36.7 Å². The summed E-state index contributed by atoms with van der Waals surface area (Å²) in [5, 5.41) is 15.7. The maximum Gasteiger partial charge on any atom is 0.326 e. The number of anilines is 1. The average Bonchev–Trinajstić information content (AvgIpc) is 3.48. The number of carbonyl (C=O) groups is 3. The van der Waals surface area contributed by atoms with Crippen molar-refractivity contribution < 1.29 is 27.9 Å². The van der Waals surface area contributed by atoms with Crippen LogP contribution < -0.4 is 10.6 Å². The van der Waals surface area contributed by atoms with Crippen LogP contribution in [0.15, 0.2) is 59.8 Å². The molecule has 2 fully saturated rings. The predicted octanol–water partition coefficient (Wildman–Crippen LogP) is 5.38. The van der Waals surface area contributed by atoms with Crippen molar-refractivity contribution in [3.63, 3.8) is 0 Å². The summed E-state index contributed by atoms with van der Waals surface area (Å²) in [6.45, 7) is 1.63. The molecule has 3 aromatic rings. The summed E-state index contributed by atoms with van der Waals surface area (Å²) >= 11 is 24.4. The van der Waals surface area contributed by atoms with Crippen molar-refractivity contribution in [2.45, 2.75) is 55.1 Å². The summed E-state index contributed by atoms with van der Waals surface area (Å²) in [4.78, 5) is 44.6. The molecule has 3 N–H and O–H groups in total. The third kappa shape index (κ3) is 8.37. The molecule has 5 rings (SSSR count). The molecule has 3 atom stereocenters. The molecule has 3 heterocycles. The number of nitrogens with zero attached hydrogens (tertiary/aromatic N) is 3. The van der Waals surface area contributed by atoms with Crippen LogP contribution in [0.3, 0.4) is 0 Å². The maximum atomic E-state index is 13.9. The number of rotatable bonds is 10. The van der Waals surface area contributed by atoms with E-state index in [-0.39, 0.29) is 56.0 Å². The molecule has 1 aromatic heterocycles. The molecule has 2 saturated heterocycles. The number of halogens is 4. The molecule has 2 aliphatic rings. The number of piperidine rings is 1. The van der Waals surface area contributed by atoms with Gasteiger partial charge >= 0.3 is 5.97 Å². The Labute approximate surface area is 292 Å². The number of aromatic nitrogens is 1. The fourth-order valence-corrected chi connectivity index (χ4v) is 8.80. The molecule has 2 aromatic carbocycles. The molecule has 0 unspecified atom stereocenters. The molecular weight excluding hydrogens is 712 g/mol. The lowest BCUT2D eigenvalue weighted by Crippen LogP contribution is -2.51. The number of hydrogen-bond donors (Lipinski definition) is 3. The fraction of sp³-hybridized carbons (Fsp3) is 0.355. The molecule has 2 amide bonds. The Kier molecular flexibility index (Phi) is 11.3. The standard InChI is InChI=1S/C31H31Cl4N5O6S/c32-19-11-20(33)13-23(12-19)47(45,46)40-17-22(39-8-2-1-3-9-39)14-27(40)29(41)38-26(31(43)44)10-18-4-6-21(7-5-18)37-30(42)28-24(34)15-36-16-25(28)35/h4-7,11-13,15-16,22,26-27H,1-3,8-10,14,17H2,(H,37,42)(H,38,41)(H,43,44)/t22-,26+,27+/m1/s1. The van der Waals surface area contributed by atoms with Gasteiger partial charge < -0.3 is 15.7 Å². The van der Waals surface area contributed by atoms with Crippen molar-refractivity contribution in [1.82, 2.24) is 19.5 Å². The molecule has 0 aliphatic carbocycles. The van der Waals surface area contributed by atoms with Crippen LogP contribution in [0.4, 0.5) is 5.69 Å². The van der Waals surface area contributed by atoms with E-state index in [2.05, 4.69) is 20.5 Å². The molecule has 0 radical (unpaired) electrons. The Hall–Kier alpha value is -2.97. The number of benzene rings is 2. The minimum absolute atomic E-state index is 0.0602. The third-order valence-corrected chi connectivity index (χ3v) is 11.1. The van der Waals surface area contributed by atoms with E-state index in [0.29, 0.717) is 11.3 Å². The molecular formula is C31H31Cl4N5O6S. The van der Waals surface area contributed by atoms with Gasteiger partial charge in [0.2, 0.25) is 15.9 Å². The summed E-state index contributed by atoms with van der Waals surface area (Å²) in [5.74, 6) is -2.56. The largest absolute Gasteiger partial charge is 0.480 e. The maximum absolute atomic E-state index is 13.9. The van der Waals surface area contributed by atoms with Crippen LogP contribution in [0.25, 0.3) is 0 Å². The molecule has 11 nitrogen and oxygen atoms in total. The van der Waals surface area contributed by atoms with Gasteiger partial charge in [-0.1, -0.05) is 65.0 Å². The van der Waals surface area contributed by atoms with E-state index >= 15 is 0 Å². The Bertz CT molecular complexity index is 1730. The van der Waals surface area contributed by atoms with Crippen molar-refractivity contribution in [2.24, 2.45) is 0 Å². The molecule has 47 heavy (non-hydrogen) atoms. The zero-order valence-corrected chi connectivity index (χ0v) is 28.7. The van der Waals surface area contributed by atoms with Crippen LogP contribution in [0, 0.1) is 0 Å². The van der Waals surface area contributed by atoms with Crippen molar-refractivity contribution in [3.05, 3.63) is 86.1 Å². The number of carbonyl (C=O) groups excluding carboxylic acids is 2. The van der Waals surface area contributed by atoms with Gasteiger partial charge in [-0.25, -0.2) is 13.2 Å². The number of carboxylic acid groups (broad SMARTS) is 1. The molecule has 250 valence electrons. The summed E-state index contributed by atoms with van der Waals surface area (Å²) in [7, 11) is -4.23. The molecule has 0 bridgehead atoms. The number of aliphatic carboxylic acids is 1. The second-order valence-electron chi connectivity index (χ2n) is 11.4. The van der Waals surface area contributed by atoms with E-state index in [1.54, 1.807) is 24.3 Å². The van der Waals surface area contributed by atoms with Gasteiger partial charge in [0.25, 0.3) is 5.91 Å². The summed E-state index contributed by atoms with van der Waals surface area (Å²) in [6.07, 6.45) is 5.72. The summed E-state index contributed by atoms with van der Waals surface area (Å²) in [6, 6.07) is 7.58. The first-order chi connectivity index (χ1) is 22.3. The molecule has 16 heteroatoms. The van der Waals surface area contributed by atoms with Crippen molar-refractivity contribution >= 4 is 79.9 Å². The van der Waals surface area contributed by atoms with Gasteiger partial charge in [0.05, 0.1) is 20.5 Å². The number of carboxylic acids is 1. The van der Waals surface area contributed by atoms with Crippen molar-refractivity contribution in [2.75, 3.05) is 25.0 Å². The minimum Gasteiger partial charge on any atom is -0.480 e. The van der Waals surface area contributed by atoms with E-state index in [9.17, 15) is 27.9 Å². The quantitative estimate of drug-likeness (QED) is 0.251. The third-order valence-electron chi connectivity index (χ3n) is 8.23. The van der Waals surface area contributed by atoms with Crippen LogP contribution >= 0.6 is 46.4 Å². The number of hydrogen-bond acceptors (Lipinski definition) is 7. The first-order valence-electron chi connectivity index (χ1n) is 14.8. The topological polar surface area (TPSA) is 149 Å². The van der Waals surface area contributed by atoms with Gasteiger partial charge in [-0.2, -0.15) is 4.31 Å². The van der Waals surface area contributed by atoms with Crippen molar-refractivity contribution in [3.8, 4) is 0 Å². The Morgan fingerprint density at radius 3 is 2.15 bits per heavy atom. The lowest BCUT2D eigenvalue weighted by Gasteiger charge is -2.32. The van der Waals surface area contributed by atoms with Crippen LogP contribution in [-0.4, -0.2) is 83.3 Å². The predicted molar refractivity (Wildman–Crippen MR) is 180 cm³/mol. The lowest BCUT2D eigenvalue weighted by atomic mass is 10.0. The zero-order valence-electron chi connectivity index (χ0n) is 24.8. The summed E-state index contributed by atoms with van der Waals surface area (Å²) < 4.78 is 28.9. The minimum atomic E-state index is -4.23. The Balaban J connectivity index is 1.32. The molecule has 0 spiro atoms. The lowest BCUT2D eigenvalue weighted by molar-refractivity contribution is -0.142. The number of nitrogens with one attached hydrogen (secondary N) is 2. The van der Waals surface area contributed by atoms with Gasteiger partial charge in [0.15, 0.2) is 0 Å². The Morgan fingerprint density at radius 1 is 0.936 bits per heavy atom. The highest BCUT2D eigenvalue weighted by molar-refractivity contribution is 7.89.